The maximum Gasteiger partial charge on any atom is 0.331 e. The zero-order valence-electron chi connectivity index (χ0n) is 17.1. The fraction of sp³-hybridized carbons (Fsp3) is 0.0870. The molecule has 2 aromatic carbocycles. The van der Waals surface area contributed by atoms with Crippen LogP contribution in [0.15, 0.2) is 66.4 Å². The predicted octanol–water partition coefficient (Wildman–Crippen LogP) is 5.12. The molecule has 0 radical (unpaired) electrons. The van der Waals surface area contributed by atoms with Crippen LogP contribution in [0.3, 0.4) is 0 Å². The van der Waals surface area contributed by atoms with E-state index in [0.717, 1.165) is 0 Å². The molecule has 9 heteroatoms. The van der Waals surface area contributed by atoms with Crippen LogP contribution < -0.4 is 21.1 Å². The van der Waals surface area contributed by atoms with E-state index < -0.39 is 17.8 Å². The molecular weight excluding hydrogens is 415 g/mol. The summed E-state index contributed by atoms with van der Waals surface area (Å²) in [4.78, 5) is 27.4. The molecular formula is C23H21FN4O4. The summed E-state index contributed by atoms with van der Waals surface area (Å²) in [6, 6.07) is 13.0. The van der Waals surface area contributed by atoms with Crippen molar-refractivity contribution in [3.05, 3.63) is 77.7 Å². The summed E-state index contributed by atoms with van der Waals surface area (Å²) < 4.78 is 18.8. The summed E-state index contributed by atoms with van der Waals surface area (Å²) in [5.74, 6) is -0.501. The number of rotatable bonds is 7. The predicted molar refractivity (Wildman–Crippen MR) is 120 cm³/mol. The topological polar surface area (TPSA) is 127 Å². The molecule has 0 fully saturated rings. The number of halogens is 1. The third-order valence-electron chi connectivity index (χ3n) is 4.40. The van der Waals surface area contributed by atoms with E-state index in [4.69, 9.17) is 10.5 Å². The molecule has 164 valence electrons. The molecule has 0 spiro atoms. The molecule has 0 aliphatic heterocycles. The van der Waals surface area contributed by atoms with Gasteiger partial charge in [-0.1, -0.05) is 6.92 Å². The molecule has 1 heterocycles. The van der Waals surface area contributed by atoms with Crippen LogP contribution >= 0.6 is 0 Å². The van der Waals surface area contributed by atoms with Crippen molar-refractivity contribution in [3.8, 4) is 11.5 Å². The van der Waals surface area contributed by atoms with Crippen LogP contribution in [0.4, 0.5) is 26.4 Å². The molecule has 8 nitrogen and oxygen atoms in total. The number of urea groups is 1. The highest BCUT2D eigenvalue weighted by Crippen LogP contribution is 2.31. The van der Waals surface area contributed by atoms with Crippen molar-refractivity contribution >= 4 is 35.3 Å². The van der Waals surface area contributed by atoms with E-state index in [9.17, 15) is 19.1 Å². The number of benzene rings is 2. The first-order valence-electron chi connectivity index (χ1n) is 9.65. The lowest BCUT2D eigenvalue weighted by molar-refractivity contribution is -0.132. The second kappa shape index (κ2) is 10.1. The van der Waals surface area contributed by atoms with E-state index in [0.29, 0.717) is 34.9 Å². The number of carbonyl (C=O) groups is 2. The fourth-order valence-electron chi connectivity index (χ4n) is 2.75. The first-order chi connectivity index (χ1) is 15.4. The molecule has 5 N–H and O–H groups in total. The number of pyridine rings is 1. The quantitative estimate of drug-likeness (QED) is 0.381. The molecule has 0 bridgehead atoms. The largest absolute Gasteiger partial charge is 0.478 e. The van der Waals surface area contributed by atoms with Gasteiger partial charge in [0.15, 0.2) is 0 Å². The first kappa shape index (κ1) is 22.3. The smallest absolute Gasteiger partial charge is 0.331 e. The number of amides is 2. The van der Waals surface area contributed by atoms with Gasteiger partial charge in [-0.15, -0.1) is 0 Å². The van der Waals surface area contributed by atoms with Gasteiger partial charge < -0.3 is 26.2 Å². The van der Waals surface area contributed by atoms with E-state index in [1.54, 1.807) is 37.3 Å². The number of carbonyl (C=O) groups excluding carboxylic acids is 1. The average Bonchev–Trinajstić information content (AvgIpc) is 2.76. The van der Waals surface area contributed by atoms with E-state index in [-0.39, 0.29) is 11.4 Å². The zero-order valence-corrected chi connectivity index (χ0v) is 17.1. The second-order valence-electron chi connectivity index (χ2n) is 6.65. The number of aliphatic carboxylic acids is 1. The van der Waals surface area contributed by atoms with Crippen LogP contribution in [0.2, 0.25) is 0 Å². The van der Waals surface area contributed by atoms with Crippen molar-refractivity contribution in [1.29, 1.82) is 0 Å². The number of nitrogens with zero attached hydrogens (tertiary/aromatic N) is 1. The Hall–Kier alpha value is -4.40. The van der Waals surface area contributed by atoms with E-state index in [1.807, 2.05) is 0 Å². The minimum atomic E-state index is -1.05. The number of anilines is 3. The van der Waals surface area contributed by atoms with Gasteiger partial charge in [0.2, 0.25) is 0 Å². The Bertz CT molecular complexity index is 1150. The number of nitrogen functional groups attached to an aromatic ring is 1. The van der Waals surface area contributed by atoms with Crippen LogP contribution in [0.1, 0.15) is 18.9 Å². The number of ether oxygens (including phenoxy) is 1. The molecule has 0 aliphatic rings. The Morgan fingerprint density at radius 1 is 1.06 bits per heavy atom. The Balaban J connectivity index is 1.71. The van der Waals surface area contributed by atoms with Crippen molar-refractivity contribution in [2.24, 2.45) is 0 Å². The summed E-state index contributed by atoms with van der Waals surface area (Å²) in [5.41, 5.74) is 7.42. The number of carboxylic acid groups (broad SMARTS) is 1. The third kappa shape index (κ3) is 5.82. The van der Waals surface area contributed by atoms with Gasteiger partial charge in [-0.05, 0) is 67.1 Å². The summed E-state index contributed by atoms with van der Waals surface area (Å²) in [5, 5.41) is 14.5. The molecule has 32 heavy (non-hydrogen) atoms. The van der Waals surface area contributed by atoms with Crippen molar-refractivity contribution in [2.45, 2.75) is 13.3 Å². The van der Waals surface area contributed by atoms with Gasteiger partial charge in [0.1, 0.15) is 23.1 Å². The van der Waals surface area contributed by atoms with Crippen molar-refractivity contribution in [2.75, 3.05) is 16.4 Å². The summed E-state index contributed by atoms with van der Waals surface area (Å²) in [7, 11) is 0. The molecule has 1 aromatic heterocycles. The van der Waals surface area contributed by atoms with Gasteiger partial charge in [0.25, 0.3) is 0 Å². The number of aromatic nitrogens is 1. The van der Waals surface area contributed by atoms with Gasteiger partial charge >= 0.3 is 12.0 Å². The lowest BCUT2D eigenvalue weighted by atomic mass is 10.1. The molecule has 0 atom stereocenters. The van der Waals surface area contributed by atoms with Gasteiger partial charge in [0, 0.05) is 23.1 Å². The SMILES string of the molecule is CCC(=Cc1c(Oc2ccc(NC(=O)Nc3ccc(F)cc3)cc2)ccnc1N)C(=O)O. The van der Waals surface area contributed by atoms with E-state index in [1.165, 1.54) is 36.5 Å². The maximum atomic E-state index is 12.9. The Morgan fingerprint density at radius 3 is 2.22 bits per heavy atom. The second-order valence-corrected chi connectivity index (χ2v) is 6.65. The Labute approximate surface area is 183 Å². The summed E-state index contributed by atoms with van der Waals surface area (Å²) >= 11 is 0. The first-order valence-corrected chi connectivity index (χ1v) is 9.65. The molecule has 0 saturated heterocycles. The third-order valence-corrected chi connectivity index (χ3v) is 4.40. The van der Waals surface area contributed by atoms with E-state index in [2.05, 4.69) is 15.6 Å². The highest BCUT2D eigenvalue weighted by atomic mass is 19.1. The summed E-state index contributed by atoms with van der Waals surface area (Å²) in [6.07, 6.45) is 3.21. The molecule has 2 amide bonds. The van der Waals surface area contributed by atoms with Crippen LogP contribution in [-0.4, -0.2) is 22.1 Å². The Morgan fingerprint density at radius 2 is 1.66 bits per heavy atom. The number of nitrogens with two attached hydrogens (primary N) is 1. The van der Waals surface area contributed by atoms with Crippen molar-refractivity contribution < 1.29 is 23.8 Å². The lowest BCUT2D eigenvalue weighted by Crippen LogP contribution is -2.19. The molecule has 0 saturated carbocycles. The standard InChI is InChI=1S/C23H21FN4O4/c1-2-14(22(29)30)13-19-20(11-12-26-21(19)25)32-18-9-7-17(8-10-18)28-23(31)27-16-5-3-15(24)4-6-16/h3-13H,2H2,1H3,(H2,25,26)(H,29,30)(H2,27,28,31). The monoisotopic (exact) mass is 436 g/mol. The van der Waals surface area contributed by atoms with Crippen LogP contribution in [0.25, 0.3) is 6.08 Å². The fourth-order valence-corrected chi connectivity index (χ4v) is 2.75. The molecule has 3 aromatic rings. The number of hydrogen-bond acceptors (Lipinski definition) is 5. The van der Waals surface area contributed by atoms with Crippen LogP contribution in [0, 0.1) is 5.82 Å². The van der Waals surface area contributed by atoms with Crippen LogP contribution in [0.5, 0.6) is 11.5 Å². The van der Waals surface area contributed by atoms with Gasteiger partial charge in [-0.3, -0.25) is 0 Å². The normalized spacial score (nSPS) is 11.0. The number of hydrogen-bond donors (Lipinski definition) is 4. The summed E-state index contributed by atoms with van der Waals surface area (Å²) in [6.45, 7) is 1.73. The van der Waals surface area contributed by atoms with Crippen molar-refractivity contribution in [1.82, 2.24) is 4.98 Å². The molecule has 0 unspecified atom stereocenters. The molecule has 3 rings (SSSR count). The maximum absolute atomic E-state index is 12.9. The zero-order chi connectivity index (χ0) is 23.1. The highest BCUT2D eigenvalue weighted by molar-refractivity contribution is 5.99. The van der Waals surface area contributed by atoms with E-state index >= 15 is 0 Å². The van der Waals surface area contributed by atoms with Crippen LogP contribution in [-0.2, 0) is 4.79 Å². The average molecular weight is 436 g/mol. The van der Waals surface area contributed by atoms with Gasteiger partial charge in [-0.25, -0.2) is 19.0 Å². The lowest BCUT2D eigenvalue weighted by Gasteiger charge is -2.12. The van der Waals surface area contributed by atoms with Gasteiger partial charge in [-0.2, -0.15) is 0 Å². The highest BCUT2D eigenvalue weighted by Gasteiger charge is 2.12. The Kier molecular flexibility index (Phi) is 7.02. The number of nitrogens with one attached hydrogen (secondary N) is 2. The minimum Gasteiger partial charge on any atom is -0.478 e. The van der Waals surface area contributed by atoms with Gasteiger partial charge in [0.05, 0.1) is 5.56 Å². The molecule has 0 aliphatic carbocycles. The number of carboxylic acids is 1. The minimum absolute atomic E-state index is 0.144. The van der Waals surface area contributed by atoms with Crippen molar-refractivity contribution in [3.63, 3.8) is 0 Å².